The smallest absolute Gasteiger partial charge is 0.235 e. The fourth-order valence-electron chi connectivity index (χ4n) is 2.27. The van der Waals surface area contributed by atoms with Crippen molar-refractivity contribution in [3.63, 3.8) is 0 Å². The number of aromatic nitrogens is 3. The molecule has 1 heterocycles. The van der Waals surface area contributed by atoms with E-state index in [9.17, 15) is 4.79 Å². The van der Waals surface area contributed by atoms with E-state index < -0.39 is 0 Å². The Balaban J connectivity index is 1.82. The number of halogens is 1. The molecule has 0 saturated carbocycles. The second-order valence-electron chi connectivity index (χ2n) is 5.60. The Kier molecular flexibility index (Phi) is 7.13. The normalized spacial score (nSPS) is 12.0. The van der Waals surface area contributed by atoms with Crippen molar-refractivity contribution in [2.75, 3.05) is 20.2 Å². The van der Waals surface area contributed by atoms with Gasteiger partial charge in [0.25, 0.3) is 0 Å². The van der Waals surface area contributed by atoms with E-state index in [1.165, 1.54) is 11.8 Å². The summed E-state index contributed by atoms with van der Waals surface area (Å²) in [4.78, 5) is 14.2. The molecule has 136 valence electrons. The van der Waals surface area contributed by atoms with E-state index in [-0.39, 0.29) is 11.2 Å². The zero-order chi connectivity index (χ0) is 18.4. The predicted molar refractivity (Wildman–Crippen MR) is 100 cm³/mol. The molecule has 1 aromatic carbocycles. The highest BCUT2D eigenvalue weighted by atomic mass is 35.5. The van der Waals surface area contributed by atoms with Gasteiger partial charge in [-0.15, -0.1) is 10.2 Å². The zero-order valence-corrected chi connectivity index (χ0v) is 16.5. The summed E-state index contributed by atoms with van der Waals surface area (Å²) in [5, 5.41) is 9.41. The Morgan fingerprint density at radius 1 is 1.36 bits per heavy atom. The van der Waals surface area contributed by atoms with Crippen molar-refractivity contribution in [3.8, 4) is 5.75 Å². The Bertz CT molecular complexity index is 705. The average Bonchev–Trinajstić information content (AvgIpc) is 2.95. The van der Waals surface area contributed by atoms with Gasteiger partial charge in [-0.1, -0.05) is 23.4 Å². The van der Waals surface area contributed by atoms with Crippen LogP contribution in [0.25, 0.3) is 0 Å². The summed E-state index contributed by atoms with van der Waals surface area (Å²) >= 11 is 7.27. The molecule has 0 radical (unpaired) electrons. The summed E-state index contributed by atoms with van der Waals surface area (Å²) < 4.78 is 7.63. The monoisotopic (exact) mass is 382 g/mol. The van der Waals surface area contributed by atoms with Gasteiger partial charge in [0.05, 0.1) is 11.8 Å². The fourth-order valence-corrected chi connectivity index (χ4v) is 3.47. The molecule has 0 saturated heterocycles. The Labute approximate surface area is 157 Å². The molecule has 25 heavy (non-hydrogen) atoms. The Hall–Kier alpha value is -1.73. The van der Waals surface area contributed by atoms with Crippen LogP contribution in [0.5, 0.6) is 5.75 Å². The van der Waals surface area contributed by atoms with E-state index in [1.54, 1.807) is 24.1 Å². The summed E-state index contributed by atoms with van der Waals surface area (Å²) in [7, 11) is 1.78. The van der Waals surface area contributed by atoms with Gasteiger partial charge in [0.2, 0.25) is 5.91 Å². The van der Waals surface area contributed by atoms with Gasteiger partial charge in [-0.3, -0.25) is 4.79 Å². The van der Waals surface area contributed by atoms with Gasteiger partial charge in [-0.05, 0) is 45.0 Å². The predicted octanol–water partition coefficient (Wildman–Crippen LogP) is 3.28. The lowest BCUT2D eigenvalue weighted by Crippen LogP contribution is -2.36. The van der Waals surface area contributed by atoms with Crippen molar-refractivity contribution in [3.05, 3.63) is 35.1 Å². The van der Waals surface area contributed by atoms with Crippen LogP contribution < -0.4 is 4.74 Å². The molecule has 1 atom stereocenters. The highest BCUT2D eigenvalue weighted by Gasteiger charge is 2.21. The molecule has 1 amide bonds. The molecule has 0 bridgehead atoms. The maximum Gasteiger partial charge on any atom is 0.235 e. The first-order valence-corrected chi connectivity index (χ1v) is 9.38. The third-order valence-corrected chi connectivity index (χ3v) is 5.05. The van der Waals surface area contributed by atoms with Gasteiger partial charge in [0.15, 0.2) is 5.16 Å². The van der Waals surface area contributed by atoms with Crippen LogP contribution in [0.15, 0.2) is 29.4 Å². The van der Waals surface area contributed by atoms with Crippen molar-refractivity contribution in [1.29, 1.82) is 0 Å². The van der Waals surface area contributed by atoms with Crippen molar-refractivity contribution < 1.29 is 9.53 Å². The van der Waals surface area contributed by atoms with Gasteiger partial charge >= 0.3 is 0 Å². The van der Waals surface area contributed by atoms with Crippen LogP contribution in [0.3, 0.4) is 0 Å². The number of benzene rings is 1. The van der Waals surface area contributed by atoms with E-state index in [1.807, 2.05) is 37.5 Å². The lowest BCUT2D eigenvalue weighted by atomic mass is 10.3. The minimum atomic E-state index is -0.241. The van der Waals surface area contributed by atoms with E-state index in [2.05, 4.69) is 10.2 Å². The van der Waals surface area contributed by atoms with Crippen LogP contribution in [0, 0.1) is 6.92 Å². The average molecular weight is 383 g/mol. The quantitative estimate of drug-likeness (QED) is 0.656. The largest absolute Gasteiger partial charge is 0.492 e. The number of nitrogens with zero attached hydrogens (tertiary/aromatic N) is 4. The van der Waals surface area contributed by atoms with Crippen molar-refractivity contribution in [1.82, 2.24) is 19.7 Å². The lowest BCUT2D eigenvalue weighted by Gasteiger charge is -2.21. The molecular weight excluding hydrogens is 360 g/mol. The van der Waals surface area contributed by atoms with Crippen molar-refractivity contribution in [2.45, 2.75) is 37.7 Å². The number of likely N-dealkylation sites (N-methyl/N-ethyl adjacent to an activating group) is 1. The second kappa shape index (κ2) is 9.10. The maximum absolute atomic E-state index is 12.5. The van der Waals surface area contributed by atoms with Crippen LogP contribution in [0.1, 0.15) is 19.7 Å². The van der Waals surface area contributed by atoms with E-state index in [4.69, 9.17) is 16.3 Å². The molecule has 2 aromatic rings. The second-order valence-corrected chi connectivity index (χ2v) is 7.34. The number of ether oxygens (including phenoxy) is 1. The number of rotatable bonds is 8. The molecule has 0 fully saturated rings. The number of carbonyl (C=O) groups is 1. The molecule has 0 aliphatic rings. The van der Waals surface area contributed by atoms with Gasteiger partial charge < -0.3 is 14.2 Å². The third kappa shape index (κ3) is 5.37. The number of aryl methyl sites for hydroxylation is 1. The summed E-state index contributed by atoms with van der Waals surface area (Å²) in [6.07, 6.45) is 0. The highest BCUT2D eigenvalue weighted by molar-refractivity contribution is 8.00. The number of hydrogen-bond donors (Lipinski definition) is 0. The lowest BCUT2D eigenvalue weighted by molar-refractivity contribution is -0.129. The fraction of sp³-hybridized carbons (Fsp3) is 0.471. The summed E-state index contributed by atoms with van der Waals surface area (Å²) in [6.45, 7) is 7.54. The van der Waals surface area contributed by atoms with Gasteiger partial charge in [-0.25, -0.2) is 0 Å². The van der Waals surface area contributed by atoms with Crippen LogP contribution in [0.2, 0.25) is 5.02 Å². The Morgan fingerprint density at radius 3 is 2.68 bits per heavy atom. The molecule has 1 unspecified atom stereocenters. The van der Waals surface area contributed by atoms with E-state index in [0.717, 1.165) is 23.3 Å². The molecule has 0 N–H and O–H groups in total. The maximum atomic E-state index is 12.5. The first kappa shape index (κ1) is 19.6. The molecule has 6 nitrogen and oxygen atoms in total. The van der Waals surface area contributed by atoms with Gasteiger partial charge in [-0.2, -0.15) is 0 Å². The number of carbonyl (C=O) groups excluding carboxylic acids is 1. The van der Waals surface area contributed by atoms with Gasteiger partial charge in [0.1, 0.15) is 18.2 Å². The number of thioether (sulfide) groups is 1. The zero-order valence-electron chi connectivity index (χ0n) is 14.9. The van der Waals surface area contributed by atoms with Crippen LogP contribution in [-0.2, 0) is 11.3 Å². The molecular formula is C17H23ClN4O2S. The summed E-state index contributed by atoms with van der Waals surface area (Å²) in [6, 6.07) is 7.16. The summed E-state index contributed by atoms with van der Waals surface area (Å²) in [5.41, 5.74) is 0. The minimum absolute atomic E-state index is 0.0352. The van der Waals surface area contributed by atoms with E-state index in [0.29, 0.717) is 18.2 Å². The molecule has 8 heteroatoms. The molecule has 0 aliphatic carbocycles. The van der Waals surface area contributed by atoms with Crippen LogP contribution in [0.4, 0.5) is 0 Å². The molecule has 1 aromatic heterocycles. The first-order valence-electron chi connectivity index (χ1n) is 8.12. The minimum Gasteiger partial charge on any atom is -0.492 e. The SMILES string of the molecule is CCn1c(C)nnc1SC(C)C(=O)N(C)CCOc1ccc(Cl)cc1. The first-order chi connectivity index (χ1) is 11.9. The number of hydrogen-bond acceptors (Lipinski definition) is 5. The van der Waals surface area contributed by atoms with E-state index >= 15 is 0 Å². The highest BCUT2D eigenvalue weighted by Crippen LogP contribution is 2.23. The van der Waals surface area contributed by atoms with Gasteiger partial charge in [0, 0.05) is 18.6 Å². The Morgan fingerprint density at radius 2 is 2.04 bits per heavy atom. The summed E-state index contributed by atoms with van der Waals surface area (Å²) in [5.74, 6) is 1.63. The molecule has 0 spiro atoms. The van der Waals surface area contributed by atoms with Crippen LogP contribution in [-0.4, -0.2) is 51.0 Å². The van der Waals surface area contributed by atoms with Crippen molar-refractivity contribution >= 4 is 29.3 Å². The van der Waals surface area contributed by atoms with Crippen LogP contribution >= 0.6 is 23.4 Å². The molecule has 2 rings (SSSR count). The molecule has 0 aliphatic heterocycles. The van der Waals surface area contributed by atoms with Crippen molar-refractivity contribution in [2.24, 2.45) is 0 Å². The number of amides is 1. The standard InChI is InChI=1S/C17H23ClN4O2S/c1-5-22-13(3)19-20-17(22)25-12(2)16(23)21(4)10-11-24-15-8-6-14(18)7-9-15/h6-9,12H,5,10-11H2,1-4H3. The topological polar surface area (TPSA) is 60.2 Å². The third-order valence-electron chi connectivity index (χ3n) is 3.73.